The van der Waals surface area contributed by atoms with Crippen molar-refractivity contribution in [1.29, 1.82) is 0 Å². The van der Waals surface area contributed by atoms with Gasteiger partial charge in [0.15, 0.2) is 5.69 Å². The first-order valence-corrected chi connectivity index (χ1v) is 10.4. The van der Waals surface area contributed by atoms with Gasteiger partial charge in [-0.05, 0) is 61.2 Å². The van der Waals surface area contributed by atoms with E-state index in [-0.39, 0.29) is 47.5 Å². The van der Waals surface area contributed by atoms with Crippen LogP contribution in [0.2, 0.25) is 0 Å². The summed E-state index contributed by atoms with van der Waals surface area (Å²) in [6, 6.07) is 13.1. The predicted molar refractivity (Wildman–Crippen MR) is 113 cm³/mol. The van der Waals surface area contributed by atoms with Crippen molar-refractivity contribution in [2.24, 2.45) is 5.92 Å². The molecule has 0 spiro atoms. The first-order chi connectivity index (χ1) is 15.5. The number of imide groups is 1. The second-order valence-corrected chi connectivity index (χ2v) is 8.15. The number of aromatic nitrogens is 3. The smallest absolute Gasteiger partial charge is 0.278 e. The minimum Gasteiger partial charge on any atom is -0.321 e. The summed E-state index contributed by atoms with van der Waals surface area (Å²) >= 11 is 0. The van der Waals surface area contributed by atoms with Gasteiger partial charge < -0.3 is 5.32 Å². The average molecular weight is 433 g/mol. The summed E-state index contributed by atoms with van der Waals surface area (Å²) in [6.45, 7) is 0. The predicted octanol–water partition coefficient (Wildman–Crippen LogP) is 2.74. The fourth-order valence-corrected chi connectivity index (χ4v) is 3.92. The number of halogens is 1. The number of hydrogen-bond acceptors (Lipinski definition) is 5. The van der Waals surface area contributed by atoms with E-state index >= 15 is 0 Å². The van der Waals surface area contributed by atoms with E-state index in [0.29, 0.717) is 17.8 Å². The van der Waals surface area contributed by atoms with Gasteiger partial charge in [-0.25, -0.2) is 9.07 Å². The molecule has 0 bridgehead atoms. The lowest BCUT2D eigenvalue weighted by Gasteiger charge is -2.09. The standard InChI is InChI=1S/C23H20FN5O3/c24-16-5-9-18(10-6-16)29-21(14-3-4-14)20(27-28-29)23(32)25-17-7-1-13(2-8-17)11-15-12-19(30)26-22(15)31/h1-2,5-10,14-15H,3-4,11-12H2,(H,25,32)(H,26,30,31). The van der Waals surface area contributed by atoms with Crippen LogP contribution in [0.25, 0.3) is 5.69 Å². The lowest BCUT2D eigenvalue weighted by Crippen LogP contribution is -2.22. The van der Waals surface area contributed by atoms with E-state index in [1.807, 2.05) is 12.1 Å². The first kappa shape index (κ1) is 20.0. The fraction of sp³-hybridized carbons (Fsp3) is 0.261. The number of benzene rings is 2. The fourth-order valence-electron chi connectivity index (χ4n) is 3.92. The minimum absolute atomic E-state index is 0.193. The molecule has 1 saturated heterocycles. The number of hydrogen-bond donors (Lipinski definition) is 2. The molecule has 2 heterocycles. The highest BCUT2D eigenvalue weighted by Gasteiger charge is 2.34. The molecule has 1 atom stereocenters. The van der Waals surface area contributed by atoms with E-state index in [0.717, 1.165) is 24.1 Å². The number of anilines is 1. The van der Waals surface area contributed by atoms with E-state index in [2.05, 4.69) is 20.9 Å². The Labute approximate surface area is 182 Å². The van der Waals surface area contributed by atoms with Gasteiger partial charge in [0.2, 0.25) is 11.8 Å². The minimum atomic E-state index is -0.367. The third kappa shape index (κ3) is 4.01. The van der Waals surface area contributed by atoms with Crippen LogP contribution in [-0.4, -0.2) is 32.7 Å². The van der Waals surface area contributed by atoms with Crippen molar-refractivity contribution in [3.8, 4) is 5.69 Å². The molecule has 8 nitrogen and oxygen atoms in total. The number of nitrogens with zero attached hydrogens (tertiary/aromatic N) is 3. The average Bonchev–Trinajstić information content (AvgIpc) is 3.44. The molecule has 3 amide bonds. The molecule has 9 heteroatoms. The zero-order valence-corrected chi connectivity index (χ0v) is 17.0. The molecule has 1 unspecified atom stereocenters. The van der Waals surface area contributed by atoms with Crippen LogP contribution >= 0.6 is 0 Å². The molecule has 1 saturated carbocycles. The van der Waals surface area contributed by atoms with Crippen molar-refractivity contribution < 1.29 is 18.8 Å². The van der Waals surface area contributed by atoms with E-state index in [1.54, 1.807) is 28.9 Å². The Balaban J connectivity index is 1.31. The Morgan fingerprint density at radius 2 is 1.81 bits per heavy atom. The number of nitrogens with one attached hydrogen (secondary N) is 2. The molecule has 32 heavy (non-hydrogen) atoms. The van der Waals surface area contributed by atoms with Crippen LogP contribution in [0.5, 0.6) is 0 Å². The van der Waals surface area contributed by atoms with Crippen LogP contribution in [0.15, 0.2) is 48.5 Å². The number of rotatable bonds is 6. The first-order valence-electron chi connectivity index (χ1n) is 10.4. The van der Waals surface area contributed by atoms with Gasteiger partial charge in [0.25, 0.3) is 5.91 Å². The molecule has 2 N–H and O–H groups in total. The van der Waals surface area contributed by atoms with Gasteiger partial charge in [0.1, 0.15) is 5.82 Å². The lowest BCUT2D eigenvalue weighted by atomic mass is 9.98. The van der Waals surface area contributed by atoms with E-state index in [1.165, 1.54) is 12.1 Å². The Morgan fingerprint density at radius 3 is 2.44 bits per heavy atom. The summed E-state index contributed by atoms with van der Waals surface area (Å²) in [4.78, 5) is 36.0. The molecule has 0 radical (unpaired) electrons. The van der Waals surface area contributed by atoms with Crippen molar-refractivity contribution in [3.63, 3.8) is 0 Å². The molecule has 162 valence electrons. The lowest BCUT2D eigenvalue weighted by molar-refractivity contribution is -0.125. The quantitative estimate of drug-likeness (QED) is 0.582. The Bertz CT molecular complexity index is 1200. The normalized spacial score (nSPS) is 18.0. The van der Waals surface area contributed by atoms with Crippen LogP contribution in [0.3, 0.4) is 0 Å². The van der Waals surface area contributed by atoms with Gasteiger partial charge in [-0.15, -0.1) is 5.10 Å². The summed E-state index contributed by atoms with van der Waals surface area (Å²) < 4.78 is 14.9. The molecule has 2 aliphatic rings. The molecule has 3 aromatic rings. The van der Waals surface area contributed by atoms with E-state index in [4.69, 9.17) is 0 Å². The highest BCUT2D eigenvalue weighted by Crippen LogP contribution is 2.42. The molecule has 1 aliphatic carbocycles. The molecule has 2 aromatic carbocycles. The van der Waals surface area contributed by atoms with Crippen LogP contribution < -0.4 is 10.6 Å². The Morgan fingerprint density at radius 1 is 1.09 bits per heavy atom. The van der Waals surface area contributed by atoms with Gasteiger partial charge in [-0.2, -0.15) is 0 Å². The summed E-state index contributed by atoms with van der Waals surface area (Å²) in [5.74, 6) is -1.37. The van der Waals surface area contributed by atoms with Gasteiger partial charge >= 0.3 is 0 Å². The Hall–Kier alpha value is -3.88. The van der Waals surface area contributed by atoms with Crippen molar-refractivity contribution in [2.45, 2.75) is 31.6 Å². The molecule has 2 fully saturated rings. The zero-order valence-electron chi connectivity index (χ0n) is 17.0. The van der Waals surface area contributed by atoms with E-state index in [9.17, 15) is 18.8 Å². The maximum atomic E-state index is 13.3. The summed E-state index contributed by atoms with van der Waals surface area (Å²) in [6.07, 6.45) is 2.55. The monoisotopic (exact) mass is 433 g/mol. The molecule has 5 rings (SSSR count). The number of carbonyl (C=O) groups is 3. The Kier molecular flexibility index (Phi) is 5.01. The number of carbonyl (C=O) groups excluding carboxylic acids is 3. The highest BCUT2D eigenvalue weighted by atomic mass is 19.1. The van der Waals surface area contributed by atoms with Gasteiger partial charge in [0.05, 0.1) is 17.3 Å². The second-order valence-electron chi connectivity index (χ2n) is 8.15. The molecule has 1 aliphatic heterocycles. The summed E-state index contributed by atoms with van der Waals surface area (Å²) in [7, 11) is 0. The second kappa shape index (κ2) is 7.99. The van der Waals surface area contributed by atoms with Crippen LogP contribution in [0.1, 0.15) is 46.9 Å². The zero-order chi connectivity index (χ0) is 22.2. The summed E-state index contributed by atoms with van der Waals surface area (Å²) in [5, 5.41) is 13.4. The SMILES string of the molecule is O=C1CC(Cc2ccc(NC(=O)c3nnn(-c4ccc(F)cc4)c3C3CC3)cc2)C(=O)N1. The van der Waals surface area contributed by atoms with Crippen molar-refractivity contribution in [2.75, 3.05) is 5.32 Å². The molecule has 1 aromatic heterocycles. The van der Waals surface area contributed by atoms with Crippen molar-refractivity contribution in [1.82, 2.24) is 20.3 Å². The van der Waals surface area contributed by atoms with Crippen LogP contribution in [0, 0.1) is 11.7 Å². The topological polar surface area (TPSA) is 106 Å². The maximum absolute atomic E-state index is 13.3. The van der Waals surface area contributed by atoms with Gasteiger partial charge in [0, 0.05) is 18.0 Å². The largest absolute Gasteiger partial charge is 0.321 e. The van der Waals surface area contributed by atoms with Gasteiger partial charge in [-0.1, -0.05) is 17.3 Å². The molecular weight excluding hydrogens is 413 g/mol. The highest BCUT2D eigenvalue weighted by molar-refractivity contribution is 6.04. The summed E-state index contributed by atoms with van der Waals surface area (Å²) in [5.41, 5.74) is 3.12. The third-order valence-corrected chi connectivity index (χ3v) is 5.71. The third-order valence-electron chi connectivity index (χ3n) is 5.71. The van der Waals surface area contributed by atoms with Crippen molar-refractivity contribution in [3.05, 3.63) is 71.3 Å². The van der Waals surface area contributed by atoms with Gasteiger partial charge in [-0.3, -0.25) is 19.7 Å². The van der Waals surface area contributed by atoms with Crippen molar-refractivity contribution >= 4 is 23.4 Å². The maximum Gasteiger partial charge on any atom is 0.278 e. The van der Waals surface area contributed by atoms with E-state index < -0.39 is 0 Å². The van der Waals surface area contributed by atoms with Crippen LogP contribution in [0.4, 0.5) is 10.1 Å². The molecular formula is C23H20FN5O3. The number of amides is 3. The van der Waals surface area contributed by atoms with Crippen LogP contribution in [-0.2, 0) is 16.0 Å².